The Morgan fingerprint density at radius 3 is 2.31 bits per heavy atom. The number of rotatable bonds is 7. The lowest BCUT2D eigenvalue weighted by Crippen LogP contribution is -2.37. The molecule has 0 rings (SSSR count). The summed E-state index contributed by atoms with van der Waals surface area (Å²) < 4.78 is 5.48. The molecule has 80 valence electrons. The smallest absolute Gasteiger partial charge is 0.0823 e. The molecule has 0 heterocycles. The first-order chi connectivity index (χ1) is 6.10. The zero-order valence-corrected chi connectivity index (χ0v) is 9.42. The largest absolute Gasteiger partial charge is 0.376 e. The van der Waals surface area contributed by atoms with E-state index in [9.17, 15) is 0 Å². The van der Waals surface area contributed by atoms with Crippen LogP contribution >= 0.6 is 0 Å². The zero-order valence-electron chi connectivity index (χ0n) is 9.42. The van der Waals surface area contributed by atoms with E-state index in [-0.39, 0.29) is 6.10 Å². The Morgan fingerprint density at radius 1 is 1.31 bits per heavy atom. The van der Waals surface area contributed by atoms with Crippen LogP contribution in [0.25, 0.3) is 0 Å². The molecule has 13 heavy (non-hydrogen) atoms. The van der Waals surface area contributed by atoms with Gasteiger partial charge in [0.15, 0.2) is 0 Å². The van der Waals surface area contributed by atoms with Gasteiger partial charge in [0, 0.05) is 26.2 Å². The molecule has 0 saturated heterocycles. The third kappa shape index (κ3) is 6.99. The van der Waals surface area contributed by atoms with Gasteiger partial charge in [-0.05, 0) is 19.9 Å². The van der Waals surface area contributed by atoms with Crippen LogP contribution < -0.4 is 5.73 Å². The van der Waals surface area contributed by atoms with E-state index in [1.165, 1.54) is 0 Å². The van der Waals surface area contributed by atoms with Gasteiger partial charge in [-0.15, -0.1) is 0 Å². The van der Waals surface area contributed by atoms with Gasteiger partial charge in [0.05, 0.1) is 6.10 Å². The zero-order chi connectivity index (χ0) is 10.3. The van der Waals surface area contributed by atoms with Gasteiger partial charge in [0.2, 0.25) is 0 Å². The minimum Gasteiger partial charge on any atom is -0.376 e. The van der Waals surface area contributed by atoms with E-state index in [2.05, 4.69) is 25.8 Å². The molecule has 0 bridgehead atoms. The van der Waals surface area contributed by atoms with Crippen molar-refractivity contribution < 1.29 is 4.74 Å². The lowest BCUT2D eigenvalue weighted by atomic mass is 10.2. The average molecular weight is 188 g/mol. The summed E-state index contributed by atoms with van der Waals surface area (Å²) in [5.74, 6) is 0.699. The van der Waals surface area contributed by atoms with Crippen LogP contribution in [0.2, 0.25) is 0 Å². The van der Waals surface area contributed by atoms with Crippen molar-refractivity contribution in [3.63, 3.8) is 0 Å². The fourth-order valence-corrected chi connectivity index (χ4v) is 1.48. The van der Waals surface area contributed by atoms with Crippen molar-refractivity contribution in [3.8, 4) is 0 Å². The molecule has 0 aliphatic heterocycles. The molecule has 0 amide bonds. The molecule has 0 aliphatic rings. The molecule has 3 heteroatoms. The standard InChI is InChI=1S/C10H24N2O/c1-5-13-10(6-11)8-12(4)7-9(2)3/h9-10H,5-8,11H2,1-4H3. The predicted molar refractivity (Wildman–Crippen MR) is 56.8 cm³/mol. The lowest BCUT2D eigenvalue weighted by molar-refractivity contribution is 0.0431. The number of hydrogen-bond acceptors (Lipinski definition) is 3. The molecular weight excluding hydrogens is 164 g/mol. The first-order valence-electron chi connectivity index (χ1n) is 5.10. The second-order valence-corrected chi connectivity index (χ2v) is 3.93. The van der Waals surface area contributed by atoms with E-state index < -0.39 is 0 Å². The summed E-state index contributed by atoms with van der Waals surface area (Å²) in [7, 11) is 2.11. The Morgan fingerprint density at radius 2 is 1.92 bits per heavy atom. The van der Waals surface area contributed by atoms with Crippen molar-refractivity contribution in [1.29, 1.82) is 0 Å². The Kier molecular flexibility index (Phi) is 7.23. The number of ether oxygens (including phenoxy) is 1. The normalized spacial score (nSPS) is 14.1. The van der Waals surface area contributed by atoms with Crippen molar-refractivity contribution in [2.75, 3.05) is 33.3 Å². The molecule has 0 fully saturated rings. The van der Waals surface area contributed by atoms with Gasteiger partial charge in [-0.2, -0.15) is 0 Å². The molecule has 1 unspecified atom stereocenters. The third-order valence-corrected chi connectivity index (χ3v) is 1.86. The van der Waals surface area contributed by atoms with Crippen molar-refractivity contribution in [3.05, 3.63) is 0 Å². The van der Waals surface area contributed by atoms with E-state index in [4.69, 9.17) is 10.5 Å². The molecule has 0 aliphatic carbocycles. The second-order valence-electron chi connectivity index (χ2n) is 3.93. The van der Waals surface area contributed by atoms with E-state index in [1.807, 2.05) is 6.92 Å². The number of nitrogens with zero attached hydrogens (tertiary/aromatic N) is 1. The maximum atomic E-state index is 5.59. The van der Waals surface area contributed by atoms with Gasteiger partial charge >= 0.3 is 0 Å². The lowest BCUT2D eigenvalue weighted by Gasteiger charge is -2.24. The van der Waals surface area contributed by atoms with Gasteiger partial charge in [-0.25, -0.2) is 0 Å². The van der Waals surface area contributed by atoms with Crippen molar-refractivity contribution in [2.45, 2.75) is 26.9 Å². The molecule has 3 nitrogen and oxygen atoms in total. The average Bonchev–Trinajstić information content (AvgIpc) is 2.02. The summed E-state index contributed by atoms with van der Waals surface area (Å²) in [6, 6.07) is 0. The Balaban J connectivity index is 3.65. The first-order valence-corrected chi connectivity index (χ1v) is 5.10. The molecule has 0 radical (unpaired) electrons. The quantitative estimate of drug-likeness (QED) is 0.646. The molecule has 0 aromatic carbocycles. The molecule has 1 atom stereocenters. The fourth-order valence-electron chi connectivity index (χ4n) is 1.48. The molecule has 0 aromatic rings. The molecule has 0 saturated carbocycles. The Bertz CT molecular complexity index is 117. The molecule has 0 aromatic heterocycles. The summed E-state index contributed by atoms with van der Waals surface area (Å²) in [6.45, 7) is 9.83. The van der Waals surface area contributed by atoms with Crippen LogP contribution in [-0.2, 0) is 4.74 Å². The van der Waals surface area contributed by atoms with Crippen LogP contribution in [0.4, 0.5) is 0 Å². The van der Waals surface area contributed by atoms with Gasteiger partial charge in [0.25, 0.3) is 0 Å². The maximum absolute atomic E-state index is 5.59. The first kappa shape index (κ1) is 12.9. The minimum absolute atomic E-state index is 0.189. The predicted octanol–water partition coefficient (Wildman–Crippen LogP) is 0.938. The second kappa shape index (κ2) is 7.30. The third-order valence-electron chi connectivity index (χ3n) is 1.86. The summed E-state index contributed by atoms with van der Waals surface area (Å²) in [6.07, 6.45) is 0.189. The van der Waals surface area contributed by atoms with E-state index >= 15 is 0 Å². The van der Waals surface area contributed by atoms with Gasteiger partial charge < -0.3 is 15.4 Å². The van der Waals surface area contributed by atoms with Crippen LogP contribution in [0, 0.1) is 5.92 Å². The highest BCUT2D eigenvalue weighted by molar-refractivity contribution is 4.64. The fraction of sp³-hybridized carbons (Fsp3) is 1.00. The Labute approximate surface area is 82.2 Å². The van der Waals surface area contributed by atoms with Crippen molar-refractivity contribution >= 4 is 0 Å². The van der Waals surface area contributed by atoms with Crippen LogP contribution in [0.5, 0.6) is 0 Å². The summed E-state index contributed by atoms with van der Waals surface area (Å²) in [4.78, 5) is 2.28. The van der Waals surface area contributed by atoms with Gasteiger partial charge in [-0.1, -0.05) is 13.8 Å². The summed E-state index contributed by atoms with van der Waals surface area (Å²) in [5, 5.41) is 0. The maximum Gasteiger partial charge on any atom is 0.0823 e. The minimum atomic E-state index is 0.189. The van der Waals surface area contributed by atoms with Crippen molar-refractivity contribution in [2.24, 2.45) is 11.7 Å². The van der Waals surface area contributed by atoms with Crippen LogP contribution in [-0.4, -0.2) is 44.3 Å². The van der Waals surface area contributed by atoms with E-state index in [0.717, 1.165) is 19.7 Å². The van der Waals surface area contributed by atoms with Gasteiger partial charge in [0.1, 0.15) is 0 Å². The molecule has 0 spiro atoms. The number of likely N-dealkylation sites (N-methyl/N-ethyl adjacent to an activating group) is 1. The monoisotopic (exact) mass is 188 g/mol. The highest BCUT2D eigenvalue weighted by Crippen LogP contribution is 1.99. The number of hydrogen-bond donors (Lipinski definition) is 1. The highest BCUT2D eigenvalue weighted by atomic mass is 16.5. The van der Waals surface area contributed by atoms with E-state index in [0.29, 0.717) is 12.5 Å². The topological polar surface area (TPSA) is 38.5 Å². The SMILES string of the molecule is CCOC(CN)CN(C)CC(C)C. The summed E-state index contributed by atoms with van der Waals surface area (Å²) in [5.41, 5.74) is 5.59. The van der Waals surface area contributed by atoms with Crippen LogP contribution in [0.15, 0.2) is 0 Å². The van der Waals surface area contributed by atoms with Gasteiger partial charge in [-0.3, -0.25) is 0 Å². The van der Waals surface area contributed by atoms with Crippen molar-refractivity contribution in [1.82, 2.24) is 4.90 Å². The van der Waals surface area contributed by atoms with Crippen LogP contribution in [0.3, 0.4) is 0 Å². The number of nitrogens with two attached hydrogens (primary N) is 1. The molecule has 2 N–H and O–H groups in total. The summed E-state index contributed by atoms with van der Waals surface area (Å²) >= 11 is 0. The Hall–Kier alpha value is -0.120. The molecular formula is C10H24N2O. The van der Waals surface area contributed by atoms with Crippen LogP contribution in [0.1, 0.15) is 20.8 Å². The highest BCUT2D eigenvalue weighted by Gasteiger charge is 2.10. The van der Waals surface area contributed by atoms with E-state index in [1.54, 1.807) is 0 Å².